The molecule has 1 atom stereocenters. The molecule has 0 spiro atoms. The Kier molecular flexibility index (Phi) is 5.27. The van der Waals surface area contributed by atoms with Crippen molar-refractivity contribution < 1.29 is 18.0 Å². The SMILES string of the molecule is Cc1[nH]c2ccccc2c1C(=O)[C@@H](C)N1CCN(c2ccc(C(F)(F)F)cn2)CC1. The summed E-state index contributed by atoms with van der Waals surface area (Å²) in [4.78, 5) is 24.5. The fourth-order valence-electron chi connectivity index (χ4n) is 4.05. The molecule has 0 amide bonds. The highest BCUT2D eigenvalue weighted by molar-refractivity contribution is 6.11. The van der Waals surface area contributed by atoms with Crippen LogP contribution in [0.5, 0.6) is 0 Å². The van der Waals surface area contributed by atoms with Crippen molar-refractivity contribution in [2.24, 2.45) is 0 Å². The lowest BCUT2D eigenvalue weighted by atomic mass is 10.0. The van der Waals surface area contributed by atoms with Crippen molar-refractivity contribution in [1.29, 1.82) is 0 Å². The van der Waals surface area contributed by atoms with Crippen molar-refractivity contribution in [1.82, 2.24) is 14.9 Å². The van der Waals surface area contributed by atoms with Crippen LogP contribution in [-0.4, -0.2) is 52.9 Å². The number of Topliss-reactive ketones (excluding diaryl/α,β-unsaturated/α-hetero) is 1. The minimum Gasteiger partial charge on any atom is -0.358 e. The van der Waals surface area contributed by atoms with Crippen LogP contribution in [0.25, 0.3) is 10.9 Å². The van der Waals surface area contributed by atoms with Crippen LogP contribution in [0.15, 0.2) is 42.6 Å². The first-order valence-corrected chi connectivity index (χ1v) is 9.89. The maximum absolute atomic E-state index is 13.2. The number of carbonyl (C=O) groups excluding carboxylic acids is 1. The number of aryl methyl sites for hydroxylation is 1. The van der Waals surface area contributed by atoms with Crippen LogP contribution in [0.3, 0.4) is 0 Å². The Morgan fingerprint density at radius 2 is 1.80 bits per heavy atom. The molecule has 0 unspecified atom stereocenters. The van der Waals surface area contributed by atoms with Gasteiger partial charge in [0.15, 0.2) is 5.78 Å². The maximum Gasteiger partial charge on any atom is 0.417 e. The highest BCUT2D eigenvalue weighted by atomic mass is 19.4. The number of aromatic nitrogens is 2. The molecule has 158 valence electrons. The summed E-state index contributed by atoms with van der Waals surface area (Å²) < 4.78 is 38.2. The second-order valence-corrected chi connectivity index (χ2v) is 7.64. The molecule has 2 aromatic heterocycles. The number of fused-ring (bicyclic) bond motifs is 1. The van der Waals surface area contributed by atoms with Gasteiger partial charge in [-0.1, -0.05) is 18.2 Å². The fraction of sp³-hybridized carbons (Fsp3) is 0.364. The van der Waals surface area contributed by atoms with E-state index in [1.807, 2.05) is 43.0 Å². The van der Waals surface area contributed by atoms with Gasteiger partial charge in [-0.05, 0) is 32.0 Å². The predicted octanol–water partition coefficient (Wildman–Crippen LogP) is 4.28. The van der Waals surface area contributed by atoms with Crippen LogP contribution in [0, 0.1) is 6.92 Å². The predicted molar refractivity (Wildman–Crippen MR) is 110 cm³/mol. The van der Waals surface area contributed by atoms with Gasteiger partial charge < -0.3 is 9.88 Å². The molecule has 30 heavy (non-hydrogen) atoms. The molecular formula is C22H23F3N4O. The number of nitrogens with one attached hydrogen (secondary N) is 1. The van der Waals surface area contributed by atoms with Gasteiger partial charge in [0.05, 0.1) is 11.6 Å². The number of carbonyl (C=O) groups is 1. The molecule has 3 heterocycles. The Bertz CT molecular complexity index is 1050. The van der Waals surface area contributed by atoms with E-state index in [9.17, 15) is 18.0 Å². The average molecular weight is 416 g/mol. The van der Waals surface area contributed by atoms with Gasteiger partial charge in [0.1, 0.15) is 5.82 Å². The number of para-hydroxylation sites is 1. The number of alkyl halides is 3. The largest absolute Gasteiger partial charge is 0.417 e. The van der Waals surface area contributed by atoms with E-state index in [-0.39, 0.29) is 11.8 Å². The highest BCUT2D eigenvalue weighted by Crippen LogP contribution is 2.30. The molecule has 8 heteroatoms. The number of halogens is 3. The van der Waals surface area contributed by atoms with Gasteiger partial charge in [-0.15, -0.1) is 0 Å². The molecule has 1 aromatic carbocycles. The molecular weight excluding hydrogens is 393 g/mol. The fourth-order valence-corrected chi connectivity index (χ4v) is 4.05. The second kappa shape index (κ2) is 7.75. The molecule has 0 radical (unpaired) electrons. The van der Waals surface area contributed by atoms with E-state index in [0.29, 0.717) is 32.0 Å². The van der Waals surface area contributed by atoms with Crippen molar-refractivity contribution >= 4 is 22.5 Å². The van der Waals surface area contributed by atoms with Gasteiger partial charge >= 0.3 is 6.18 Å². The van der Waals surface area contributed by atoms with Crippen LogP contribution in [0.1, 0.15) is 28.5 Å². The number of hydrogen-bond acceptors (Lipinski definition) is 4. The van der Waals surface area contributed by atoms with Gasteiger partial charge in [0.25, 0.3) is 0 Å². The van der Waals surface area contributed by atoms with E-state index in [1.54, 1.807) is 0 Å². The Labute approximate surface area is 172 Å². The molecule has 1 saturated heterocycles. The van der Waals surface area contributed by atoms with E-state index >= 15 is 0 Å². The maximum atomic E-state index is 13.2. The van der Waals surface area contributed by atoms with Gasteiger partial charge in [-0.2, -0.15) is 13.2 Å². The summed E-state index contributed by atoms with van der Waals surface area (Å²) in [5.41, 5.74) is 1.78. The first-order valence-electron chi connectivity index (χ1n) is 9.89. The Morgan fingerprint density at radius 3 is 2.43 bits per heavy atom. The molecule has 1 aliphatic rings. The molecule has 1 fully saturated rings. The summed E-state index contributed by atoms with van der Waals surface area (Å²) in [5.74, 6) is 0.597. The number of H-pyrrole nitrogens is 1. The number of hydrogen-bond donors (Lipinski definition) is 1. The normalized spacial score (nSPS) is 16.8. The van der Waals surface area contributed by atoms with Crippen molar-refractivity contribution in [2.45, 2.75) is 26.1 Å². The smallest absolute Gasteiger partial charge is 0.358 e. The van der Waals surface area contributed by atoms with Crippen LogP contribution in [-0.2, 0) is 6.18 Å². The van der Waals surface area contributed by atoms with Crippen molar-refractivity contribution in [2.75, 3.05) is 31.1 Å². The van der Waals surface area contributed by atoms with Gasteiger partial charge in [-0.3, -0.25) is 9.69 Å². The van der Waals surface area contributed by atoms with Crippen LogP contribution >= 0.6 is 0 Å². The molecule has 0 bridgehead atoms. The van der Waals surface area contributed by atoms with Crippen LogP contribution in [0.2, 0.25) is 0 Å². The van der Waals surface area contributed by atoms with Crippen molar-refractivity contribution in [3.8, 4) is 0 Å². The summed E-state index contributed by atoms with van der Waals surface area (Å²) in [6.07, 6.45) is -3.52. The summed E-state index contributed by atoms with van der Waals surface area (Å²) in [7, 11) is 0. The zero-order valence-electron chi connectivity index (χ0n) is 16.8. The monoisotopic (exact) mass is 416 g/mol. The number of nitrogens with zero attached hydrogens (tertiary/aromatic N) is 3. The molecule has 3 aromatic rings. The summed E-state index contributed by atoms with van der Waals surface area (Å²) in [6.45, 7) is 6.30. The molecule has 4 rings (SSSR count). The van der Waals surface area contributed by atoms with E-state index in [1.165, 1.54) is 6.07 Å². The van der Waals surface area contributed by atoms with E-state index in [4.69, 9.17) is 0 Å². The van der Waals surface area contributed by atoms with E-state index in [2.05, 4.69) is 14.9 Å². The van der Waals surface area contributed by atoms with Crippen molar-refractivity contribution in [3.63, 3.8) is 0 Å². The zero-order chi connectivity index (χ0) is 21.5. The average Bonchev–Trinajstić information content (AvgIpc) is 3.08. The minimum absolute atomic E-state index is 0.0751. The van der Waals surface area contributed by atoms with Gasteiger partial charge in [-0.25, -0.2) is 4.98 Å². The molecule has 0 aliphatic carbocycles. The standard InChI is InChI=1S/C22H23F3N4O/c1-14-20(17-5-3-4-6-18(17)27-14)21(30)15(2)28-9-11-29(12-10-28)19-8-7-16(13-26-19)22(23,24)25/h3-8,13,15,27H,9-12H2,1-2H3/t15-/m1/s1. The number of aromatic amines is 1. The third kappa shape index (κ3) is 3.79. The quantitative estimate of drug-likeness (QED) is 0.645. The lowest BCUT2D eigenvalue weighted by Gasteiger charge is -2.38. The summed E-state index contributed by atoms with van der Waals surface area (Å²) in [6, 6.07) is 9.94. The first-order chi connectivity index (χ1) is 14.3. The van der Waals surface area contributed by atoms with Gasteiger partial charge in [0.2, 0.25) is 0 Å². The van der Waals surface area contributed by atoms with Crippen LogP contribution in [0.4, 0.5) is 19.0 Å². The van der Waals surface area contributed by atoms with Crippen LogP contribution < -0.4 is 4.90 Å². The summed E-state index contributed by atoms with van der Waals surface area (Å²) >= 11 is 0. The summed E-state index contributed by atoms with van der Waals surface area (Å²) in [5, 5.41) is 0.930. The molecule has 1 N–H and O–H groups in total. The van der Waals surface area contributed by atoms with E-state index < -0.39 is 11.7 Å². The number of rotatable bonds is 4. The zero-order valence-corrected chi connectivity index (χ0v) is 16.8. The van der Waals surface area contributed by atoms with E-state index in [0.717, 1.165) is 34.4 Å². The lowest BCUT2D eigenvalue weighted by Crippen LogP contribution is -2.52. The van der Waals surface area contributed by atoms with Crippen molar-refractivity contribution in [3.05, 3.63) is 59.4 Å². The third-order valence-corrected chi connectivity index (χ3v) is 5.78. The number of pyridine rings is 1. The lowest BCUT2D eigenvalue weighted by molar-refractivity contribution is -0.137. The topological polar surface area (TPSA) is 52.2 Å². The number of piperazine rings is 1. The Balaban J connectivity index is 1.43. The number of benzene rings is 1. The molecule has 5 nitrogen and oxygen atoms in total. The second-order valence-electron chi connectivity index (χ2n) is 7.64. The molecule has 1 aliphatic heterocycles. The molecule has 0 saturated carbocycles. The third-order valence-electron chi connectivity index (χ3n) is 5.78. The minimum atomic E-state index is -4.39. The Hall–Kier alpha value is -2.87. The Morgan fingerprint density at radius 1 is 1.10 bits per heavy atom. The van der Waals surface area contributed by atoms with Gasteiger partial charge in [0, 0.05) is 54.5 Å². The number of ketones is 1. The highest BCUT2D eigenvalue weighted by Gasteiger charge is 2.32. The first kappa shape index (κ1) is 20.4. The number of anilines is 1.